The third-order valence-electron chi connectivity index (χ3n) is 4.75. The Bertz CT molecular complexity index is 951. The van der Waals surface area contributed by atoms with Crippen LogP contribution in [0.5, 0.6) is 11.5 Å². The molecule has 0 aliphatic carbocycles. The topological polar surface area (TPSA) is 93.5 Å². The number of carbonyl (C=O) groups excluding carboxylic acids is 1. The maximum Gasteiger partial charge on any atom is 0.240 e. The highest BCUT2D eigenvalue weighted by molar-refractivity contribution is 7.13. The lowest BCUT2D eigenvalue weighted by Crippen LogP contribution is -2.45. The molecule has 1 aliphatic heterocycles. The Morgan fingerprint density at radius 1 is 1.43 bits per heavy atom. The summed E-state index contributed by atoms with van der Waals surface area (Å²) in [4.78, 5) is 22.8. The minimum atomic E-state index is -0.635. The van der Waals surface area contributed by atoms with Crippen molar-refractivity contribution in [2.24, 2.45) is 5.73 Å². The van der Waals surface area contributed by atoms with Gasteiger partial charge in [0.15, 0.2) is 11.5 Å². The lowest BCUT2D eigenvalue weighted by atomic mass is 10.1. The molecular formula is C20H24Cl2N4O3S. The second kappa shape index (κ2) is 10.7. The summed E-state index contributed by atoms with van der Waals surface area (Å²) in [6.45, 7) is 1.30. The number of thiophene rings is 1. The number of nitrogens with zero attached hydrogens (tertiary/aromatic N) is 2. The molecule has 1 amide bonds. The van der Waals surface area contributed by atoms with Crippen LogP contribution in [-0.4, -0.2) is 47.1 Å². The van der Waals surface area contributed by atoms with Crippen LogP contribution < -0.4 is 15.2 Å². The molecule has 7 nitrogen and oxygen atoms in total. The van der Waals surface area contributed by atoms with Gasteiger partial charge in [0.05, 0.1) is 26.0 Å². The lowest BCUT2D eigenvalue weighted by Gasteiger charge is -2.23. The molecule has 162 valence electrons. The maximum absolute atomic E-state index is 12.9. The third-order valence-corrected chi connectivity index (χ3v) is 5.67. The van der Waals surface area contributed by atoms with Gasteiger partial charge in [0.25, 0.3) is 0 Å². The summed E-state index contributed by atoms with van der Waals surface area (Å²) in [6.07, 6.45) is 3.69. The number of hydrogen-bond acceptors (Lipinski definition) is 6. The van der Waals surface area contributed by atoms with E-state index >= 15 is 0 Å². The number of methoxy groups -OCH3 is 1. The number of halogens is 2. The second-order valence-corrected chi connectivity index (χ2v) is 7.59. The number of aromatic nitrogens is 2. The van der Waals surface area contributed by atoms with Crippen molar-refractivity contribution in [3.63, 3.8) is 0 Å². The number of hydrogen-bond donors (Lipinski definition) is 2. The molecule has 0 fully saturated rings. The Balaban J connectivity index is 0.00000160. The SMILES string of the molecule is COc1cc(-c2cccs2)cc2c1OCCN(C(=O)[C@@H](N)Cc1cnc[nH]1)C2.Cl.Cl. The summed E-state index contributed by atoms with van der Waals surface area (Å²) in [5.41, 5.74) is 8.98. The summed E-state index contributed by atoms with van der Waals surface area (Å²) in [5.74, 6) is 1.27. The monoisotopic (exact) mass is 470 g/mol. The van der Waals surface area contributed by atoms with E-state index in [1.165, 1.54) is 0 Å². The van der Waals surface area contributed by atoms with Gasteiger partial charge in [-0.25, -0.2) is 4.98 Å². The van der Waals surface area contributed by atoms with E-state index in [-0.39, 0.29) is 30.7 Å². The van der Waals surface area contributed by atoms with Crippen molar-refractivity contribution in [1.29, 1.82) is 0 Å². The Kier molecular flexibility index (Phi) is 8.54. The van der Waals surface area contributed by atoms with Crippen molar-refractivity contribution in [3.05, 3.63) is 53.4 Å². The van der Waals surface area contributed by atoms with Crippen LogP contribution >= 0.6 is 36.2 Å². The molecule has 0 spiro atoms. The minimum Gasteiger partial charge on any atom is -0.493 e. The van der Waals surface area contributed by atoms with Gasteiger partial charge in [0.2, 0.25) is 5.91 Å². The summed E-state index contributed by atoms with van der Waals surface area (Å²) in [7, 11) is 1.63. The van der Waals surface area contributed by atoms with Crippen molar-refractivity contribution in [1.82, 2.24) is 14.9 Å². The van der Waals surface area contributed by atoms with Crippen molar-refractivity contribution in [2.75, 3.05) is 20.3 Å². The van der Waals surface area contributed by atoms with Gasteiger partial charge in [-0.15, -0.1) is 36.2 Å². The van der Waals surface area contributed by atoms with Gasteiger partial charge in [-0.2, -0.15) is 0 Å². The van der Waals surface area contributed by atoms with Gasteiger partial charge < -0.3 is 25.1 Å². The number of ether oxygens (including phenoxy) is 2. The Hall–Kier alpha value is -2.26. The van der Waals surface area contributed by atoms with Crippen molar-refractivity contribution in [3.8, 4) is 21.9 Å². The molecule has 1 aromatic carbocycles. The average Bonchev–Trinajstić information content (AvgIpc) is 3.37. The van der Waals surface area contributed by atoms with Crippen molar-refractivity contribution < 1.29 is 14.3 Å². The van der Waals surface area contributed by atoms with Gasteiger partial charge >= 0.3 is 0 Å². The van der Waals surface area contributed by atoms with Gasteiger partial charge in [-0.1, -0.05) is 6.07 Å². The summed E-state index contributed by atoms with van der Waals surface area (Å²) in [6, 6.07) is 7.48. The van der Waals surface area contributed by atoms with Crippen LogP contribution in [-0.2, 0) is 17.8 Å². The molecule has 4 rings (SSSR count). The first-order chi connectivity index (χ1) is 13.7. The van der Waals surface area contributed by atoms with Gasteiger partial charge in [0, 0.05) is 35.3 Å². The number of fused-ring (bicyclic) bond motifs is 1. The molecule has 1 aliphatic rings. The zero-order valence-electron chi connectivity index (χ0n) is 16.4. The average molecular weight is 471 g/mol. The van der Waals surface area contributed by atoms with Crippen LogP contribution in [0.4, 0.5) is 0 Å². The number of nitrogens with two attached hydrogens (primary N) is 1. The number of benzene rings is 1. The van der Waals surface area contributed by atoms with E-state index in [1.54, 1.807) is 35.9 Å². The van der Waals surface area contributed by atoms with E-state index in [9.17, 15) is 4.79 Å². The van der Waals surface area contributed by atoms with E-state index in [0.717, 1.165) is 21.7 Å². The fourth-order valence-corrected chi connectivity index (χ4v) is 4.08. The largest absolute Gasteiger partial charge is 0.493 e. The zero-order chi connectivity index (χ0) is 19.5. The fraction of sp³-hybridized carbons (Fsp3) is 0.300. The quantitative estimate of drug-likeness (QED) is 0.596. The van der Waals surface area contributed by atoms with E-state index in [4.69, 9.17) is 15.2 Å². The van der Waals surface area contributed by atoms with Gasteiger partial charge in [0.1, 0.15) is 6.61 Å². The summed E-state index contributed by atoms with van der Waals surface area (Å²) in [5, 5.41) is 2.04. The van der Waals surface area contributed by atoms with Crippen LogP contribution in [0.3, 0.4) is 0 Å². The van der Waals surface area contributed by atoms with Crippen LogP contribution in [0.1, 0.15) is 11.3 Å². The molecule has 0 bridgehead atoms. The maximum atomic E-state index is 12.9. The highest BCUT2D eigenvalue weighted by Gasteiger charge is 2.27. The number of aromatic amines is 1. The van der Waals surface area contributed by atoms with Gasteiger partial charge in [-0.3, -0.25) is 4.79 Å². The molecule has 0 unspecified atom stereocenters. The van der Waals surface area contributed by atoms with Crippen molar-refractivity contribution in [2.45, 2.75) is 19.0 Å². The molecule has 3 heterocycles. The smallest absolute Gasteiger partial charge is 0.240 e. The van der Waals surface area contributed by atoms with E-state index in [0.29, 0.717) is 37.6 Å². The molecule has 0 saturated carbocycles. The highest BCUT2D eigenvalue weighted by Crippen LogP contribution is 2.39. The first kappa shape index (κ1) is 24.0. The predicted octanol–water partition coefficient (Wildman–Crippen LogP) is 3.28. The van der Waals surface area contributed by atoms with Crippen LogP contribution in [0.2, 0.25) is 0 Å². The van der Waals surface area contributed by atoms with E-state index in [1.807, 2.05) is 17.5 Å². The van der Waals surface area contributed by atoms with Crippen LogP contribution in [0, 0.1) is 0 Å². The molecule has 0 radical (unpaired) electrons. The third kappa shape index (κ3) is 5.07. The first-order valence-electron chi connectivity index (χ1n) is 9.05. The van der Waals surface area contributed by atoms with Crippen molar-refractivity contribution >= 4 is 42.1 Å². The first-order valence-corrected chi connectivity index (χ1v) is 9.93. The summed E-state index contributed by atoms with van der Waals surface area (Å²) >= 11 is 1.66. The molecule has 2 aromatic heterocycles. The Morgan fingerprint density at radius 2 is 2.27 bits per heavy atom. The Labute approximate surface area is 191 Å². The second-order valence-electron chi connectivity index (χ2n) is 6.64. The molecule has 30 heavy (non-hydrogen) atoms. The van der Waals surface area contributed by atoms with E-state index in [2.05, 4.69) is 22.1 Å². The molecule has 1 atom stereocenters. The highest BCUT2D eigenvalue weighted by atomic mass is 35.5. The van der Waals surface area contributed by atoms with Crippen LogP contribution in [0.15, 0.2) is 42.2 Å². The lowest BCUT2D eigenvalue weighted by molar-refractivity contribution is -0.133. The predicted molar refractivity (Wildman–Crippen MR) is 122 cm³/mol. The standard InChI is InChI=1S/C20H22N4O3S.2ClH/c1-26-17-8-13(18-3-2-6-28-18)7-14-11-24(4-5-27-19(14)17)20(25)16(21)9-15-10-22-12-23-15;;/h2-3,6-8,10,12,16H,4-5,9,11,21H2,1H3,(H,22,23);2*1H/t16-;;/m0../s1. The number of H-pyrrole nitrogens is 1. The summed E-state index contributed by atoms with van der Waals surface area (Å²) < 4.78 is 11.5. The molecular weight excluding hydrogens is 447 g/mol. The van der Waals surface area contributed by atoms with E-state index < -0.39 is 6.04 Å². The number of carbonyl (C=O) groups is 1. The number of amides is 1. The molecule has 0 saturated heterocycles. The van der Waals surface area contributed by atoms with Gasteiger partial charge in [-0.05, 0) is 29.1 Å². The minimum absolute atomic E-state index is 0. The van der Waals surface area contributed by atoms with Crippen LogP contribution in [0.25, 0.3) is 10.4 Å². The number of nitrogens with one attached hydrogen (secondary N) is 1. The fourth-order valence-electron chi connectivity index (χ4n) is 3.36. The Morgan fingerprint density at radius 3 is 2.93 bits per heavy atom. The molecule has 3 aromatic rings. The number of rotatable bonds is 5. The molecule has 3 N–H and O–H groups in total. The molecule has 10 heteroatoms. The normalized spacial score (nSPS) is 13.7. The number of imidazole rings is 1. The zero-order valence-corrected chi connectivity index (χ0v) is 18.8.